The van der Waals surface area contributed by atoms with E-state index in [-0.39, 0.29) is 10.9 Å². The highest BCUT2D eigenvalue weighted by molar-refractivity contribution is 8.01. The SMILES string of the molecule is CC1C=CC([S+](c2ccccc2)c2ccc(Sc3ccccc3)cc2)=CC1. The highest BCUT2D eigenvalue weighted by Gasteiger charge is 2.30. The highest BCUT2D eigenvalue weighted by Crippen LogP contribution is 2.35. The lowest BCUT2D eigenvalue weighted by molar-refractivity contribution is 0.735. The maximum absolute atomic E-state index is 2.42. The van der Waals surface area contributed by atoms with Crippen molar-refractivity contribution in [3.05, 3.63) is 108 Å². The van der Waals surface area contributed by atoms with Gasteiger partial charge in [-0.05, 0) is 73.0 Å². The molecular formula is C25H23S2+. The second-order valence-electron chi connectivity index (χ2n) is 6.68. The van der Waals surface area contributed by atoms with E-state index >= 15 is 0 Å². The molecule has 0 aliphatic heterocycles. The first-order valence-corrected chi connectivity index (χ1v) is 11.3. The molecule has 0 radical (unpaired) electrons. The summed E-state index contributed by atoms with van der Waals surface area (Å²) in [4.78, 5) is 6.75. The van der Waals surface area contributed by atoms with Gasteiger partial charge in [0.05, 0.1) is 10.9 Å². The van der Waals surface area contributed by atoms with E-state index in [1.54, 1.807) is 0 Å². The fourth-order valence-corrected chi connectivity index (χ4v) is 6.06. The Morgan fingerprint density at radius 1 is 0.741 bits per heavy atom. The summed E-state index contributed by atoms with van der Waals surface area (Å²) >= 11 is 1.81. The van der Waals surface area contributed by atoms with Crippen LogP contribution in [0.3, 0.4) is 0 Å². The van der Waals surface area contributed by atoms with Crippen LogP contribution in [-0.4, -0.2) is 0 Å². The number of hydrogen-bond acceptors (Lipinski definition) is 1. The Hall–Kier alpha value is -2.16. The first kappa shape index (κ1) is 18.2. The van der Waals surface area contributed by atoms with Crippen LogP contribution in [0.1, 0.15) is 13.3 Å². The normalized spacial score (nSPS) is 17.4. The molecule has 0 fully saturated rings. The van der Waals surface area contributed by atoms with Gasteiger partial charge in [0.2, 0.25) is 0 Å². The molecule has 2 unspecified atom stereocenters. The van der Waals surface area contributed by atoms with E-state index in [1.807, 2.05) is 11.8 Å². The first-order valence-electron chi connectivity index (χ1n) is 9.30. The van der Waals surface area contributed by atoms with Gasteiger partial charge < -0.3 is 0 Å². The van der Waals surface area contributed by atoms with Crippen LogP contribution in [0.25, 0.3) is 0 Å². The van der Waals surface area contributed by atoms with Crippen LogP contribution in [0, 0.1) is 5.92 Å². The van der Waals surface area contributed by atoms with Gasteiger partial charge in [0, 0.05) is 9.79 Å². The Kier molecular flexibility index (Phi) is 5.86. The monoisotopic (exact) mass is 387 g/mol. The van der Waals surface area contributed by atoms with E-state index in [9.17, 15) is 0 Å². The average molecular weight is 388 g/mol. The van der Waals surface area contributed by atoms with Gasteiger partial charge in [0.1, 0.15) is 0 Å². The molecule has 27 heavy (non-hydrogen) atoms. The molecule has 0 aromatic heterocycles. The van der Waals surface area contributed by atoms with Crippen molar-refractivity contribution >= 4 is 22.7 Å². The van der Waals surface area contributed by atoms with Crippen molar-refractivity contribution in [3.8, 4) is 0 Å². The summed E-state index contributed by atoms with van der Waals surface area (Å²) in [6, 6.07) is 30.6. The topological polar surface area (TPSA) is 0 Å². The molecular weight excluding hydrogens is 364 g/mol. The van der Waals surface area contributed by atoms with Crippen LogP contribution in [0.5, 0.6) is 0 Å². The zero-order chi connectivity index (χ0) is 18.5. The molecule has 2 heteroatoms. The summed E-state index contributed by atoms with van der Waals surface area (Å²) in [5.41, 5.74) is 0. The van der Waals surface area contributed by atoms with Gasteiger partial charge in [0.25, 0.3) is 0 Å². The van der Waals surface area contributed by atoms with Crippen molar-refractivity contribution in [3.63, 3.8) is 0 Å². The molecule has 0 amide bonds. The predicted octanol–water partition coefficient (Wildman–Crippen LogP) is 7.35. The molecule has 0 nitrogen and oxygen atoms in total. The van der Waals surface area contributed by atoms with Crippen LogP contribution in [0.4, 0.5) is 0 Å². The van der Waals surface area contributed by atoms with Gasteiger partial charge in [-0.15, -0.1) is 0 Å². The molecule has 4 rings (SSSR count). The van der Waals surface area contributed by atoms with Crippen LogP contribution < -0.4 is 0 Å². The Bertz CT molecular complexity index is 925. The lowest BCUT2D eigenvalue weighted by Crippen LogP contribution is -2.08. The van der Waals surface area contributed by atoms with Crippen LogP contribution >= 0.6 is 11.8 Å². The molecule has 1 aliphatic carbocycles. The Balaban J connectivity index is 1.63. The molecule has 0 spiro atoms. The third-order valence-electron chi connectivity index (χ3n) is 4.53. The van der Waals surface area contributed by atoms with Gasteiger partial charge in [-0.3, -0.25) is 0 Å². The maximum Gasteiger partial charge on any atom is 0.166 e. The van der Waals surface area contributed by atoms with Crippen molar-refractivity contribution in [2.75, 3.05) is 0 Å². The minimum atomic E-state index is -0.0423. The fourth-order valence-electron chi connectivity index (χ4n) is 3.09. The number of rotatable bonds is 5. The van der Waals surface area contributed by atoms with E-state index in [1.165, 1.54) is 24.5 Å². The minimum absolute atomic E-state index is 0.0423. The number of allylic oxidation sites excluding steroid dienone is 3. The van der Waals surface area contributed by atoms with Gasteiger partial charge in [0.15, 0.2) is 14.7 Å². The molecule has 0 saturated heterocycles. The smallest absolute Gasteiger partial charge is 0.0901 e. The molecule has 0 N–H and O–H groups in total. The van der Waals surface area contributed by atoms with Crippen LogP contribution in [0.15, 0.2) is 128 Å². The summed E-state index contributed by atoms with van der Waals surface area (Å²) in [7, 11) is -0.0423. The summed E-state index contributed by atoms with van der Waals surface area (Å²) in [6.45, 7) is 2.28. The fraction of sp³-hybridized carbons (Fsp3) is 0.120. The summed E-state index contributed by atoms with van der Waals surface area (Å²) < 4.78 is 0. The molecule has 0 bridgehead atoms. The Labute approximate surface area is 169 Å². The van der Waals surface area contributed by atoms with Crippen molar-refractivity contribution in [1.82, 2.24) is 0 Å². The van der Waals surface area contributed by atoms with Gasteiger partial charge >= 0.3 is 0 Å². The average Bonchev–Trinajstić information content (AvgIpc) is 2.73. The van der Waals surface area contributed by atoms with Gasteiger partial charge in [-0.25, -0.2) is 0 Å². The molecule has 3 aromatic carbocycles. The summed E-state index contributed by atoms with van der Waals surface area (Å²) in [6.07, 6.45) is 8.23. The van der Waals surface area contributed by atoms with Gasteiger partial charge in [-0.2, -0.15) is 0 Å². The van der Waals surface area contributed by atoms with E-state index in [0.29, 0.717) is 5.92 Å². The van der Waals surface area contributed by atoms with E-state index in [4.69, 9.17) is 0 Å². The Morgan fingerprint density at radius 2 is 1.33 bits per heavy atom. The van der Waals surface area contributed by atoms with Crippen molar-refractivity contribution in [1.29, 1.82) is 0 Å². The highest BCUT2D eigenvalue weighted by atomic mass is 32.2. The molecule has 3 aromatic rings. The third kappa shape index (κ3) is 4.58. The van der Waals surface area contributed by atoms with Crippen LogP contribution in [-0.2, 0) is 10.9 Å². The van der Waals surface area contributed by atoms with Crippen molar-refractivity contribution in [2.45, 2.75) is 32.9 Å². The van der Waals surface area contributed by atoms with E-state index < -0.39 is 0 Å². The molecule has 0 saturated carbocycles. The Morgan fingerprint density at radius 3 is 1.96 bits per heavy atom. The van der Waals surface area contributed by atoms with Crippen molar-refractivity contribution in [2.24, 2.45) is 5.92 Å². The molecule has 1 aliphatic rings. The second kappa shape index (κ2) is 8.69. The maximum atomic E-state index is 2.42. The zero-order valence-corrected chi connectivity index (χ0v) is 17.0. The predicted molar refractivity (Wildman–Crippen MR) is 118 cm³/mol. The van der Waals surface area contributed by atoms with Crippen LogP contribution in [0.2, 0.25) is 0 Å². The summed E-state index contributed by atoms with van der Waals surface area (Å²) in [5.74, 6) is 0.639. The van der Waals surface area contributed by atoms with Gasteiger partial charge in [-0.1, -0.05) is 61.2 Å². The summed E-state index contributed by atoms with van der Waals surface area (Å²) in [5, 5.41) is 0. The minimum Gasteiger partial charge on any atom is -0.0901 e. The third-order valence-corrected chi connectivity index (χ3v) is 7.81. The van der Waals surface area contributed by atoms with Crippen molar-refractivity contribution < 1.29 is 0 Å². The lowest BCUT2D eigenvalue weighted by Gasteiger charge is -2.13. The first-order chi connectivity index (χ1) is 13.3. The largest absolute Gasteiger partial charge is 0.166 e. The second-order valence-corrected chi connectivity index (χ2v) is 9.86. The molecule has 0 heterocycles. The standard InChI is InChI=1S/C25H23S2/c1-20-12-16-24(17-13-20)27(23-10-6-3-7-11-23)25-18-14-22(15-19-25)26-21-8-4-2-5-9-21/h2-12,14-20H,13H2,1H3/q+1. The zero-order valence-electron chi connectivity index (χ0n) is 15.4. The number of hydrogen-bond donors (Lipinski definition) is 0. The number of benzene rings is 3. The molecule has 2 atom stereocenters. The lowest BCUT2D eigenvalue weighted by atomic mass is 10.0. The van der Waals surface area contributed by atoms with E-state index in [0.717, 1.165) is 6.42 Å². The quantitative estimate of drug-likeness (QED) is 0.412. The molecule has 134 valence electrons. The van der Waals surface area contributed by atoms with E-state index in [2.05, 4.69) is 110 Å².